The van der Waals surface area contributed by atoms with E-state index in [9.17, 15) is 4.79 Å². The van der Waals surface area contributed by atoms with Gasteiger partial charge in [-0.25, -0.2) is 4.79 Å². The summed E-state index contributed by atoms with van der Waals surface area (Å²) < 4.78 is 1.24. The minimum atomic E-state index is -0.953. The maximum absolute atomic E-state index is 11.0. The van der Waals surface area contributed by atoms with Crippen molar-refractivity contribution in [1.29, 1.82) is 0 Å². The summed E-state index contributed by atoms with van der Waals surface area (Å²) in [5, 5.41) is 12.2. The van der Waals surface area contributed by atoms with Gasteiger partial charge < -0.3 is 5.11 Å². The Morgan fingerprint density at radius 3 is 2.62 bits per heavy atom. The fourth-order valence-corrected chi connectivity index (χ4v) is 2.07. The van der Waals surface area contributed by atoms with E-state index >= 15 is 0 Å². The summed E-state index contributed by atoms with van der Waals surface area (Å²) in [5.74, 6) is 0. The van der Waals surface area contributed by atoms with Crippen molar-refractivity contribution in [3.8, 4) is 0 Å². The van der Waals surface area contributed by atoms with Crippen LogP contribution in [0, 0.1) is 0 Å². The Morgan fingerprint density at radius 2 is 1.81 bits per heavy atom. The minimum Gasteiger partial charge on any atom is -0.464 e. The Morgan fingerprint density at radius 1 is 1.00 bits per heavy atom. The number of fused-ring (bicyclic) bond motifs is 3. The van der Waals surface area contributed by atoms with Gasteiger partial charge in [-0.3, -0.25) is 4.57 Å². The van der Waals surface area contributed by atoms with Crippen LogP contribution in [0.15, 0.2) is 48.7 Å². The zero-order chi connectivity index (χ0) is 11.1. The van der Waals surface area contributed by atoms with Crippen LogP contribution in [0.1, 0.15) is 0 Å². The molecular formula is C13H9NO2. The van der Waals surface area contributed by atoms with Crippen LogP contribution in [0.3, 0.4) is 0 Å². The van der Waals surface area contributed by atoms with E-state index in [1.807, 2.05) is 42.5 Å². The number of carboxylic acid groups (broad SMARTS) is 1. The third kappa shape index (κ3) is 1.11. The standard InChI is InChI=1S/C13H9NO2/c15-13(16)14-8-7-11-10-4-2-1-3-9(10)5-6-12(11)14/h1-8H,(H,15,16). The predicted molar refractivity (Wildman–Crippen MR) is 62.9 cm³/mol. The first-order chi connectivity index (χ1) is 7.77. The molecule has 3 heteroatoms. The number of benzene rings is 2. The lowest BCUT2D eigenvalue weighted by molar-refractivity contribution is 0.197. The minimum absolute atomic E-state index is 0.728. The average Bonchev–Trinajstić information content (AvgIpc) is 2.73. The SMILES string of the molecule is O=C(O)n1ccc2c3ccccc3ccc21. The molecule has 3 rings (SSSR count). The van der Waals surface area contributed by atoms with Crippen molar-refractivity contribution in [2.24, 2.45) is 0 Å². The highest BCUT2D eigenvalue weighted by molar-refractivity contribution is 6.08. The van der Waals surface area contributed by atoms with Gasteiger partial charge in [-0.05, 0) is 22.9 Å². The number of aromatic nitrogens is 1. The molecule has 0 saturated heterocycles. The molecule has 0 unspecified atom stereocenters. The molecule has 16 heavy (non-hydrogen) atoms. The second-order valence-electron chi connectivity index (χ2n) is 3.69. The third-order valence-corrected chi connectivity index (χ3v) is 2.80. The molecule has 0 aliphatic rings. The molecule has 2 aromatic carbocycles. The van der Waals surface area contributed by atoms with Crippen LogP contribution in [-0.4, -0.2) is 15.8 Å². The van der Waals surface area contributed by atoms with E-state index in [4.69, 9.17) is 5.11 Å². The Kier molecular flexibility index (Phi) is 1.74. The van der Waals surface area contributed by atoms with Gasteiger partial charge in [0.05, 0.1) is 5.52 Å². The molecule has 0 atom stereocenters. The molecule has 0 spiro atoms. The molecule has 1 heterocycles. The smallest absolute Gasteiger partial charge is 0.415 e. The average molecular weight is 211 g/mol. The van der Waals surface area contributed by atoms with Crippen molar-refractivity contribution < 1.29 is 9.90 Å². The van der Waals surface area contributed by atoms with Gasteiger partial charge in [0.2, 0.25) is 0 Å². The van der Waals surface area contributed by atoms with E-state index in [0.717, 1.165) is 21.7 Å². The fourth-order valence-electron chi connectivity index (χ4n) is 2.07. The molecule has 0 bridgehead atoms. The predicted octanol–water partition coefficient (Wildman–Crippen LogP) is 3.32. The molecule has 0 radical (unpaired) electrons. The molecule has 1 aromatic heterocycles. The largest absolute Gasteiger partial charge is 0.464 e. The summed E-state index contributed by atoms with van der Waals surface area (Å²) in [6.07, 6.45) is 0.629. The molecule has 3 aromatic rings. The van der Waals surface area contributed by atoms with Crippen LogP contribution >= 0.6 is 0 Å². The first kappa shape index (κ1) is 8.97. The molecule has 0 fully saturated rings. The van der Waals surface area contributed by atoms with Gasteiger partial charge in [-0.1, -0.05) is 30.3 Å². The van der Waals surface area contributed by atoms with E-state index in [1.54, 1.807) is 6.20 Å². The molecule has 0 saturated carbocycles. The zero-order valence-electron chi connectivity index (χ0n) is 8.42. The van der Waals surface area contributed by atoms with E-state index < -0.39 is 6.09 Å². The van der Waals surface area contributed by atoms with Crippen molar-refractivity contribution in [3.05, 3.63) is 48.7 Å². The number of hydrogen-bond acceptors (Lipinski definition) is 1. The lowest BCUT2D eigenvalue weighted by Gasteiger charge is -2.01. The lowest BCUT2D eigenvalue weighted by atomic mass is 10.1. The summed E-state index contributed by atoms with van der Waals surface area (Å²) in [6.45, 7) is 0. The highest BCUT2D eigenvalue weighted by Gasteiger charge is 2.08. The molecule has 0 amide bonds. The van der Waals surface area contributed by atoms with Crippen LogP contribution in [0.5, 0.6) is 0 Å². The molecule has 78 valence electrons. The van der Waals surface area contributed by atoms with Crippen molar-refractivity contribution in [2.45, 2.75) is 0 Å². The lowest BCUT2D eigenvalue weighted by Crippen LogP contribution is -2.05. The van der Waals surface area contributed by atoms with Gasteiger partial charge >= 0.3 is 6.09 Å². The maximum Gasteiger partial charge on any atom is 0.415 e. The second-order valence-corrected chi connectivity index (χ2v) is 3.69. The number of hydrogen-bond donors (Lipinski definition) is 1. The molecule has 1 N–H and O–H groups in total. The Balaban J connectivity index is 2.49. The fraction of sp³-hybridized carbons (Fsp3) is 0. The molecule has 0 aliphatic heterocycles. The molecule has 3 nitrogen and oxygen atoms in total. The normalized spacial score (nSPS) is 11.0. The summed E-state index contributed by atoms with van der Waals surface area (Å²) in [5.41, 5.74) is 0.728. The van der Waals surface area contributed by atoms with Gasteiger partial charge in [0, 0.05) is 11.6 Å². The van der Waals surface area contributed by atoms with E-state index in [0.29, 0.717) is 0 Å². The van der Waals surface area contributed by atoms with Crippen LogP contribution < -0.4 is 0 Å². The van der Waals surface area contributed by atoms with Crippen molar-refractivity contribution in [2.75, 3.05) is 0 Å². The van der Waals surface area contributed by atoms with Crippen LogP contribution in [0.25, 0.3) is 21.7 Å². The zero-order valence-corrected chi connectivity index (χ0v) is 8.42. The summed E-state index contributed by atoms with van der Waals surface area (Å²) >= 11 is 0. The van der Waals surface area contributed by atoms with Crippen LogP contribution in [0.4, 0.5) is 4.79 Å². The van der Waals surface area contributed by atoms with Gasteiger partial charge in [0.15, 0.2) is 0 Å². The Hall–Kier alpha value is -2.29. The topological polar surface area (TPSA) is 42.2 Å². The van der Waals surface area contributed by atoms with Crippen molar-refractivity contribution >= 4 is 27.8 Å². The Labute approximate surface area is 91.5 Å². The highest BCUT2D eigenvalue weighted by Crippen LogP contribution is 2.25. The summed E-state index contributed by atoms with van der Waals surface area (Å²) in [7, 11) is 0. The molecule has 0 aliphatic carbocycles. The first-order valence-electron chi connectivity index (χ1n) is 4.99. The van der Waals surface area contributed by atoms with Crippen molar-refractivity contribution in [3.63, 3.8) is 0 Å². The number of nitrogens with zero attached hydrogens (tertiary/aromatic N) is 1. The van der Waals surface area contributed by atoms with E-state index in [2.05, 4.69) is 0 Å². The second kappa shape index (κ2) is 3.10. The summed E-state index contributed by atoms with van der Waals surface area (Å²) in [6, 6.07) is 13.6. The van der Waals surface area contributed by atoms with Gasteiger partial charge in [-0.2, -0.15) is 0 Å². The quantitative estimate of drug-likeness (QED) is 0.619. The van der Waals surface area contributed by atoms with Crippen LogP contribution in [-0.2, 0) is 0 Å². The van der Waals surface area contributed by atoms with Gasteiger partial charge in [0.1, 0.15) is 0 Å². The Bertz CT molecular complexity index is 697. The maximum atomic E-state index is 11.0. The van der Waals surface area contributed by atoms with Gasteiger partial charge in [-0.15, -0.1) is 0 Å². The summed E-state index contributed by atoms with van der Waals surface area (Å²) in [4.78, 5) is 11.0. The third-order valence-electron chi connectivity index (χ3n) is 2.80. The number of carbonyl (C=O) groups is 1. The van der Waals surface area contributed by atoms with Gasteiger partial charge in [0.25, 0.3) is 0 Å². The van der Waals surface area contributed by atoms with Crippen molar-refractivity contribution in [1.82, 2.24) is 4.57 Å². The number of rotatable bonds is 0. The van der Waals surface area contributed by atoms with E-state index in [-0.39, 0.29) is 0 Å². The molecular weight excluding hydrogens is 202 g/mol. The van der Waals surface area contributed by atoms with Crippen LogP contribution in [0.2, 0.25) is 0 Å². The van der Waals surface area contributed by atoms with E-state index in [1.165, 1.54) is 4.57 Å². The first-order valence-corrected chi connectivity index (χ1v) is 4.99. The highest BCUT2D eigenvalue weighted by atomic mass is 16.4. The monoisotopic (exact) mass is 211 g/mol.